The van der Waals surface area contributed by atoms with Gasteiger partial charge in [0.25, 0.3) is 0 Å². The highest BCUT2D eigenvalue weighted by Gasteiger charge is 2.26. The second-order valence-electron chi connectivity index (χ2n) is 4.68. The molecule has 3 unspecified atom stereocenters. The van der Waals surface area contributed by atoms with Crippen LogP contribution >= 0.6 is 0 Å². The molecule has 4 nitrogen and oxygen atoms in total. The summed E-state index contributed by atoms with van der Waals surface area (Å²) in [6.45, 7) is 6.19. The highest BCUT2D eigenvalue weighted by atomic mass is 16.5. The largest absolute Gasteiger partial charge is 0.469 e. The van der Waals surface area contributed by atoms with Crippen LogP contribution in [0.4, 0.5) is 0 Å². The summed E-state index contributed by atoms with van der Waals surface area (Å²) >= 11 is 0. The maximum absolute atomic E-state index is 11.1. The van der Waals surface area contributed by atoms with Gasteiger partial charge in [-0.2, -0.15) is 0 Å². The molecule has 1 saturated heterocycles. The van der Waals surface area contributed by atoms with Gasteiger partial charge in [0.15, 0.2) is 0 Å². The average Bonchev–Trinajstić information content (AvgIpc) is 2.16. The van der Waals surface area contributed by atoms with Crippen molar-refractivity contribution in [1.82, 2.24) is 4.90 Å². The van der Waals surface area contributed by atoms with E-state index in [1.54, 1.807) is 0 Å². The Morgan fingerprint density at radius 2 is 2.27 bits per heavy atom. The van der Waals surface area contributed by atoms with Gasteiger partial charge in [-0.3, -0.25) is 9.69 Å². The van der Waals surface area contributed by atoms with E-state index in [4.69, 9.17) is 5.73 Å². The molecule has 1 fully saturated rings. The topological polar surface area (TPSA) is 55.6 Å². The van der Waals surface area contributed by atoms with Gasteiger partial charge in [0.1, 0.15) is 0 Å². The van der Waals surface area contributed by atoms with Crippen LogP contribution in [-0.2, 0) is 9.53 Å². The maximum atomic E-state index is 11.1. The van der Waals surface area contributed by atoms with Gasteiger partial charge >= 0.3 is 5.97 Å². The number of esters is 1. The molecule has 2 N–H and O–H groups in total. The predicted octanol–water partition coefficient (Wildman–Crippen LogP) is 0.607. The molecule has 1 heterocycles. The summed E-state index contributed by atoms with van der Waals surface area (Å²) in [6, 6.07) is 0.472. The lowest BCUT2D eigenvalue weighted by atomic mass is 9.95. The van der Waals surface area contributed by atoms with Crippen LogP contribution in [0.2, 0.25) is 0 Å². The van der Waals surface area contributed by atoms with Gasteiger partial charge in [-0.25, -0.2) is 0 Å². The zero-order valence-corrected chi connectivity index (χ0v) is 9.90. The van der Waals surface area contributed by atoms with E-state index in [2.05, 4.69) is 23.5 Å². The minimum Gasteiger partial charge on any atom is -0.469 e. The van der Waals surface area contributed by atoms with Gasteiger partial charge in [0.2, 0.25) is 0 Å². The third-order valence-electron chi connectivity index (χ3n) is 3.03. The summed E-state index contributed by atoms with van der Waals surface area (Å²) < 4.78 is 4.67. The van der Waals surface area contributed by atoms with Crippen LogP contribution in [-0.4, -0.2) is 43.2 Å². The lowest BCUT2D eigenvalue weighted by Crippen LogP contribution is -2.50. The van der Waals surface area contributed by atoms with Crippen LogP contribution in [0.25, 0.3) is 0 Å². The maximum Gasteiger partial charge on any atom is 0.307 e. The normalized spacial score (nSPS) is 29.9. The number of piperidine rings is 1. The van der Waals surface area contributed by atoms with Crippen molar-refractivity contribution in [2.45, 2.75) is 38.8 Å². The van der Waals surface area contributed by atoms with E-state index in [0.29, 0.717) is 12.3 Å². The van der Waals surface area contributed by atoms with E-state index in [1.807, 2.05) is 0 Å². The molecule has 1 aliphatic heterocycles. The monoisotopic (exact) mass is 214 g/mol. The molecule has 0 bridgehead atoms. The number of hydrogen-bond donors (Lipinski definition) is 1. The first-order valence-corrected chi connectivity index (χ1v) is 5.59. The van der Waals surface area contributed by atoms with E-state index < -0.39 is 0 Å². The highest BCUT2D eigenvalue weighted by Crippen LogP contribution is 2.18. The van der Waals surface area contributed by atoms with Crippen LogP contribution in [0.1, 0.15) is 26.7 Å². The summed E-state index contributed by atoms with van der Waals surface area (Å²) in [7, 11) is 1.43. The van der Waals surface area contributed by atoms with Crippen LogP contribution < -0.4 is 5.73 Å². The van der Waals surface area contributed by atoms with Crippen molar-refractivity contribution in [2.24, 2.45) is 11.7 Å². The Balaban J connectivity index is 2.44. The number of ether oxygens (including phenoxy) is 1. The van der Waals surface area contributed by atoms with E-state index in [0.717, 1.165) is 19.5 Å². The molecule has 0 saturated carbocycles. The van der Waals surface area contributed by atoms with Gasteiger partial charge in [-0.05, 0) is 19.3 Å². The van der Waals surface area contributed by atoms with Gasteiger partial charge < -0.3 is 10.5 Å². The smallest absolute Gasteiger partial charge is 0.307 e. The van der Waals surface area contributed by atoms with Crippen molar-refractivity contribution in [3.8, 4) is 0 Å². The van der Waals surface area contributed by atoms with Crippen molar-refractivity contribution in [2.75, 3.05) is 20.2 Å². The summed E-state index contributed by atoms with van der Waals surface area (Å²) in [6.07, 6.45) is 1.54. The molecule has 0 aromatic heterocycles. The quantitative estimate of drug-likeness (QED) is 0.699. The summed E-state index contributed by atoms with van der Waals surface area (Å²) in [4.78, 5) is 13.4. The summed E-state index contributed by atoms with van der Waals surface area (Å²) in [5.41, 5.74) is 5.96. The number of carbonyl (C=O) groups is 1. The molecule has 4 heteroatoms. The third-order valence-corrected chi connectivity index (χ3v) is 3.03. The van der Waals surface area contributed by atoms with Gasteiger partial charge in [-0.15, -0.1) is 0 Å². The Bertz CT molecular complexity index is 211. The minimum absolute atomic E-state index is 0.144. The Hall–Kier alpha value is -0.610. The first-order chi connectivity index (χ1) is 7.02. The minimum atomic E-state index is -0.144. The number of carbonyl (C=O) groups excluding carboxylic acids is 1. The summed E-state index contributed by atoms with van der Waals surface area (Å²) in [5.74, 6) is 0.475. The molecule has 0 aromatic rings. The number of hydrogen-bond acceptors (Lipinski definition) is 4. The zero-order chi connectivity index (χ0) is 11.4. The fraction of sp³-hybridized carbons (Fsp3) is 0.909. The predicted molar refractivity (Wildman–Crippen MR) is 59.4 cm³/mol. The molecule has 3 atom stereocenters. The molecule has 1 rings (SSSR count). The number of nitrogens with two attached hydrogens (primary N) is 1. The van der Waals surface area contributed by atoms with Crippen molar-refractivity contribution in [1.29, 1.82) is 0 Å². The summed E-state index contributed by atoms with van der Waals surface area (Å²) in [5, 5.41) is 0. The lowest BCUT2D eigenvalue weighted by Gasteiger charge is -2.38. The second kappa shape index (κ2) is 5.47. The molecular formula is C11H22N2O2. The zero-order valence-electron chi connectivity index (χ0n) is 9.90. The van der Waals surface area contributed by atoms with Crippen molar-refractivity contribution >= 4 is 5.97 Å². The van der Waals surface area contributed by atoms with E-state index >= 15 is 0 Å². The molecule has 0 radical (unpaired) electrons. The molecule has 0 spiro atoms. The number of rotatable bonds is 3. The van der Waals surface area contributed by atoms with Crippen LogP contribution in [0.3, 0.4) is 0 Å². The average molecular weight is 214 g/mol. The highest BCUT2D eigenvalue weighted by molar-refractivity contribution is 5.69. The van der Waals surface area contributed by atoms with E-state index in [-0.39, 0.29) is 18.1 Å². The molecule has 1 aliphatic rings. The molecule has 0 amide bonds. The Morgan fingerprint density at radius 1 is 1.60 bits per heavy atom. The van der Waals surface area contributed by atoms with Gasteiger partial charge in [0.05, 0.1) is 13.5 Å². The van der Waals surface area contributed by atoms with Crippen molar-refractivity contribution in [3.63, 3.8) is 0 Å². The fourth-order valence-corrected chi connectivity index (χ4v) is 2.26. The van der Waals surface area contributed by atoms with Gasteiger partial charge in [0, 0.05) is 25.2 Å². The van der Waals surface area contributed by atoms with E-state index in [1.165, 1.54) is 7.11 Å². The number of likely N-dealkylation sites (tertiary alicyclic amines) is 1. The first-order valence-electron chi connectivity index (χ1n) is 5.59. The number of nitrogens with zero attached hydrogens (tertiary/aromatic N) is 1. The third kappa shape index (κ3) is 3.80. The molecule has 88 valence electrons. The van der Waals surface area contributed by atoms with Gasteiger partial charge in [-0.1, -0.05) is 6.92 Å². The first kappa shape index (κ1) is 12.5. The lowest BCUT2D eigenvalue weighted by molar-refractivity contribution is -0.142. The van der Waals surface area contributed by atoms with Crippen LogP contribution in [0.15, 0.2) is 0 Å². The standard InChI is InChI=1S/C11H22N2O2/c1-8-4-10(12)7-13(6-8)9(2)5-11(14)15-3/h8-10H,4-7,12H2,1-3H3. The Labute approximate surface area is 91.8 Å². The van der Waals surface area contributed by atoms with E-state index in [9.17, 15) is 4.79 Å². The molecule has 15 heavy (non-hydrogen) atoms. The number of methoxy groups -OCH3 is 1. The molecule has 0 aromatic carbocycles. The van der Waals surface area contributed by atoms with Crippen molar-refractivity contribution in [3.05, 3.63) is 0 Å². The SMILES string of the molecule is COC(=O)CC(C)N1CC(C)CC(N)C1. The second-order valence-corrected chi connectivity index (χ2v) is 4.68. The molecular weight excluding hydrogens is 192 g/mol. The van der Waals surface area contributed by atoms with Crippen LogP contribution in [0.5, 0.6) is 0 Å². The Kier molecular flexibility index (Phi) is 4.54. The fourth-order valence-electron chi connectivity index (χ4n) is 2.26. The Morgan fingerprint density at radius 3 is 2.80 bits per heavy atom. The van der Waals surface area contributed by atoms with Crippen molar-refractivity contribution < 1.29 is 9.53 Å². The van der Waals surface area contributed by atoms with Crippen LogP contribution in [0, 0.1) is 5.92 Å². The molecule has 0 aliphatic carbocycles.